The average Bonchev–Trinajstić information content (AvgIpc) is 2.97. The summed E-state index contributed by atoms with van der Waals surface area (Å²) in [6.07, 6.45) is 0. The van der Waals surface area contributed by atoms with Crippen LogP contribution in [0.3, 0.4) is 0 Å². The molecule has 1 heterocycles. The van der Waals surface area contributed by atoms with Gasteiger partial charge in [-0.1, -0.05) is 12.1 Å². The highest BCUT2D eigenvalue weighted by molar-refractivity contribution is 5.99. The van der Waals surface area contributed by atoms with Crippen molar-refractivity contribution in [3.63, 3.8) is 0 Å². The van der Waals surface area contributed by atoms with E-state index >= 15 is 0 Å². The summed E-state index contributed by atoms with van der Waals surface area (Å²) in [5.41, 5.74) is 2.37. The molecule has 3 aromatic rings. The van der Waals surface area contributed by atoms with Crippen LogP contribution in [0, 0.1) is 0 Å². The van der Waals surface area contributed by atoms with Gasteiger partial charge in [-0.3, -0.25) is 4.79 Å². The van der Waals surface area contributed by atoms with Gasteiger partial charge in [0.05, 0.1) is 43.9 Å². The molecule has 26 heavy (non-hydrogen) atoms. The van der Waals surface area contributed by atoms with Crippen molar-refractivity contribution >= 4 is 16.8 Å². The summed E-state index contributed by atoms with van der Waals surface area (Å²) in [7, 11) is 7.10. The Morgan fingerprint density at radius 2 is 1.88 bits per heavy atom. The lowest BCUT2D eigenvalue weighted by Crippen LogP contribution is -2.19. The summed E-state index contributed by atoms with van der Waals surface area (Å²) in [6, 6.07) is 13.1. The van der Waals surface area contributed by atoms with Crippen LogP contribution in [-0.2, 0) is 13.1 Å². The zero-order valence-electron chi connectivity index (χ0n) is 15.5. The predicted molar refractivity (Wildman–Crippen MR) is 101 cm³/mol. The van der Waals surface area contributed by atoms with Crippen LogP contribution in [0.25, 0.3) is 11.0 Å². The summed E-state index contributed by atoms with van der Waals surface area (Å²) in [5.74, 6) is 1.98. The van der Waals surface area contributed by atoms with E-state index in [1.165, 1.54) is 0 Å². The van der Waals surface area contributed by atoms with Gasteiger partial charge in [-0.2, -0.15) is 0 Å². The van der Waals surface area contributed by atoms with Crippen molar-refractivity contribution in [2.45, 2.75) is 13.1 Å². The molecule has 0 fully saturated rings. The van der Waals surface area contributed by atoms with Crippen molar-refractivity contribution in [2.24, 2.45) is 0 Å². The van der Waals surface area contributed by atoms with Gasteiger partial charge in [0.1, 0.15) is 17.3 Å². The van der Waals surface area contributed by atoms with Crippen LogP contribution >= 0.6 is 0 Å². The molecule has 6 nitrogen and oxygen atoms in total. The fourth-order valence-corrected chi connectivity index (χ4v) is 2.96. The van der Waals surface area contributed by atoms with Crippen LogP contribution in [0.5, 0.6) is 11.5 Å². The van der Waals surface area contributed by atoms with Crippen molar-refractivity contribution in [3.05, 3.63) is 53.9 Å². The van der Waals surface area contributed by atoms with Gasteiger partial charge in [-0.05, 0) is 38.4 Å². The number of para-hydroxylation sites is 2. The second-order valence-corrected chi connectivity index (χ2v) is 6.33. The lowest BCUT2D eigenvalue weighted by Gasteiger charge is -2.14. The van der Waals surface area contributed by atoms with Crippen molar-refractivity contribution in [2.75, 3.05) is 28.3 Å². The van der Waals surface area contributed by atoms with Gasteiger partial charge < -0.3 is 18.9 Å². The molecule has 2 aromatic carbocycles. The van der Waals surface area contributed by atoms with Gasteiger partial charge in [0.2, 0.25) is 0 Å². The van der Waals surface area contributed by atoms with Crippen molar-refractivity contribution in [1.82, 2.24) is 14.5 Å². The Kier molecular flexibility index (Phi) is 5.23. The quantitative estimate of drug-likeness (QED) is 0.611. The number of carbonyl (C=O) groups is 1. The number of Topliss-reactive ketones (excluding diaryl/α,β-unsaturated/α-hetero) is 1. The first-order chi connectivity index (χ1) is 12.5. The highest BCUT2D eigenvalue weighted by Gasteiger charge is 2.18. The zero-order chi connectivity index (χ0) is 18.7. The summed E-state index contributed by atoms with van der Waals surface area (Å²) >= 11 is 0. The maximum absolute atomic E-state index is 13.0. The number of ether oxygens (including phenoxy) is 2. The minimum Gasteiger partial charge on any atom is -0.497 e. The van der Waals surface area contributed by atoms with Crippen LogP contribution < -0.4 is 9.47 Å². The maximum atomic E-state index is 13.0. The third-order valence-corrected chi connectivity index (χ3v) is 4.20. The molecule has 1 aromatic heterocycles. The molecule has 0 atom stereocenters. The van der Waals surface area contributed by atoms with E-state index in [1.807, 2.05) is 47.8 Å². The Labute approximate surface area is 153 Å². The number of carbonyl (C=O) groups excluding carboxylic acids is 1. The molecule has 0 radical (unpaired) electrons. The molecule has 136 valence electrons. The molecule has 0 aliphatic rings. The first kappa shape index (κ1) is 17.9. The molecule has 0 aliphatic carbocycles. The molecule has 6 heteroatoms. The van der Waals surface area contributed by atoms with Crippen LogP contribution in [0.4, 0.5) is 0 Å². The van der Waals surface area contributed by atoms with Crippen LogP contribution in [-0.4, -0.2) is 48.5 Å². The molecule has 0 saturated heterocycles. The topological polar surface area (TPSA) is 56.6 Å². The van der Waals surface area contributed by atoms with Gasteiger partial charge >= 0.3 is 0 Å². The lowest BCUT2D eigenvalue weighted by atomic mass is 10.1. The molecule has 0 amide bonds. The van der Waals surface area contributed by atoms with E-state index in [2.05, 4.69) is 4.98 Å². The number of hydrogen-bond donors (Lipinski definition) is 0. The summed E-state index contributed by atoms with van der Waals surface area (Å²) in [6.45, 7) is 0.855. The Hall–Kier alpha value is -2.86. The molecule has 0 bridgehead atoms. The Bertz CT molecular complexity index is 931. The fourth-order valence-electron chi connectivity index (χ4n) is 2.96. The van der Waals surface area contributed by atoms with Gasteiger partial charge in [0, 0.05) is 6.07 Å². The number of nitrogens with zero attached hydrogens (tertiary/aromatic N) is 3. The lowest BCUT2D eigenvalue weighted by molar-refractivity contribution is 0.0968. The second-order valence-electron chi connectivity index (χ2n) is 6.33. The minimum absolute atomic E-state index is 0.0346. The van der Waals surface area contributed by atoms with Crippen molar-refractivity contribution in [3.8, 4) is 11.5 Å². The van der Waals surface area contributed by atoms with Crippen LogP contribution in [0.1, 0.15) is 16.2 Å². The summed E-state index contributed by atoms with van der Waals surface area (Å²) in [4.78, 5) is 19.7. The predicted octanol–water partition coefficient (Wildman–Crippen LogP) is 3.00. The first-order valence-electron chi connectivity index (χ1n) is 8.37. The Balaban J connectivity index is 1.99. The maximum Gasteiger partial charge on any atom is 0.186 e. The van der Waals surface area contributed by atoms with E-state index in [-0.39, 0.29) is 12.3 Å². The standard InChI is InChI=1S/C20H23N3O3/c1-22(2)13-20-21-16-7-5-6-8-17(16)23(20)12-18(24)15-10-9-14(25-3)11-19(15)26-4/h5-11H,12-13H2,1-4H3. The largest absolute Gasteiger partial charge is 0.497 e. The first-order valence-corrected chi connectivity index (χ1v) is 8.37. The Morgan fingerprint density at radius 1 is 1.12 bits per heavy atom. The minimum atomic E-state index is -0.0346. The van der Waals surface area contributed by atoms with E-state index < -0.39 is 0 Å². The molecule has 0 saturated carbocycles. The third-order valence-electron chi connectivity index (χ3n) is 4.20. The van der Waals surface area contributed by atoms with Crippen molar-refractivity contribution < 1.29 is 14.3 Å². The Morgan fingerprint density at radius 3 is 2.58 bits per heavy atom. The van der Waals surface area contributed by atoms with Gasteiger partial charge in [-0.15, -0.1) is 0 Å². The number of benzene rings is 2. The molecule has 3 rings (SSSR count). The second kappa shape index (κ2) is 7.58. The summed E-state index contributed by atoms with van der Waals surface area (Å²) in [5, 5.41) is 0. The van der Waals surface area contributed by atoms with E-state index in [0.717, 1.165) is 16.9 Å². The summed E-state index contributed by atoms with van der Waals surface area (Å²) < 4.78 is 12.6. The number of hydrogen-bond acceptors (Lipinski definition) is 5. The van der Waals surface area contributed by atoms with Crippen molar-refractivity contribution in [1.29, 1.82) is 0 Å². The number of imidazole rings is 1. The number of rotatable bonds is 7. The monoisotopic (exact) mass is 353 g/mol. The van der Waals surface area contributed by atoms with E-state index in [1.54, 1.807) is 32.4 Å². The van der Waals surface area contributed by atoms with Gasteiger partial charge in [0.25, 0.3) is 0 Å². The number of fused-ring (bicyclic) bond motifs is 1. The smallest absolute Gasteiger partial charge is 0.186 e. The molecular formula is C20H23N3O3. The highest BCUT2D eigenvalue weighted by atomic mass is 16.5. The number of methoxy groups -OCH3 is 2. The molecular weight excluding hydrogens is 330 g/mol. The third kappa shape index (κ3) is 3.55. The van der Waals surface area contributed by atoms with E-state index in [4.69, 9.17) is 9.47 Å². The highest BCUT2D eigenvalue weighted by Crippen LogP contribution is 2.26. The van der Waals surface area contributed by atoms with Crippen LogP contribution in [0.2, 0.25) is 0 Å². The average molecular weight is 353 g/mol. The normalized spacial score (nSPS) is 11.1. The molecule has 0 unspecified atom stereocenters. The number of ketones is 1. The number of aromatic nitrogens is 2. The zero-order valence-corrected chi connectivity index (χ0v) is 15.5. The van der Waals surface area contributed by atoms with Gasteiger partial charge in [-0.25, -0.2) is 4.98 Å². The fraction of sp³-hybridized carbons (Fsp3) is 0.300. The van der Waals surface area contributed by atoms with Gasteiger partial charge in [0.15, 0.2) is 5.78 Å². The molecule has 0 N–H and O–H groups in total. The van der Waals surface area contributed by atoms with Crippen LogP contribution in [0.15, 0.2) is 42.5 Å². The SMILES string of the molecule is COc1ccc(C(=O)Cn2c(CN(C)C)nc3ccccc32)c(OC)c1. The van der Waals surface area contributed by atoms with E-state index in [9.17, 15) is 4.79 Å². The molecule has 0 aliphatic heterocycles. The molecule has 0 spiro atoms. The van der Waals surface area contributed by atoms with E-state index in [0.29, 0.717) is 23.6 Å².